The standard InChI is InChI=1S/C24H29N3.ClH/c1-27(15-3-13-25)16-4-14-26-17-21-10-9-20-8-7-18-5-2-6-19-11-12-22(21)24(20)23(18)19;/h2,5-12,26H,3-4,13-17,25H2,1H3;1H. The molecule has 0 aliphatic carbocycles. The maximum Gasteiger partial charge on any atom is 0.0211 e. The van der Waals surface area contributed by atoms with Crippen molar-refractivity contribution >= 4 is 44.7 Å². The lowest BCUT2D eigenvalue weighted by atomic mass is 9.92. The molecule has 4 rings (SSSR count). The lowest BCUT2D eigenvalue weighted by Gasteiger charge is -2.16. The highest BCUT2D eigenvalue weighted by Crippen LogP contribution is 2.35. The summed E-state index contributed by atoms with van der Waals surface area (Å²) in [6.45, 7) is 4.93. The molecule has 0 radical (unpaired) electrons. The van der Waals surface area contributed by atoms with Gasteiger partial charge in [0.15, 0.2) is 0 Å². The number of hydrogen-bond acceptors (Lipinski definition) is 3. The van der Waals surface area contributed by atoms with Gasteiger partial charge in [0.05, 0.1) is 0 Å². The molecule has 0 saturated heterocycles. The number of nitrogens with one attached hydrogen (secondary N) is 1. The Morgan fingerprint density at radius 3 is 2.21 bits per heavy atom. The number of nitrogens with zero attached hydrogens (tertiary/aromatic N) is 1. The van der Waals surface area contributed by atoms with Crippen LogP contribution >= 0.6 is 12.4 Å². The average molecular weight is 396 g/mol. The molecule has 28 heavy (non-hydrogen) atoms. The quantitative estimate of drug-likeness (QED) is 0.317. The molecule has 0 aromatic heterocycles. The van der Waals surface area contributed by atoms with Crippen molar-refractivity contribution in [3.8, 4) is 0 Å². The summed E-state index contributed by atoms with van der Waals surface area (Å²) in [7, 11) is 2.18. The van der Waals surface area contributed by atoms with E-state index in [-0.39, 0.29) is 12.4 Å². The third-order valence-electron chi connectivity index (χ3n) is 5.57. The van der Waals surface area contributed by atoms with Crippen LogP contribution in [0.2, 0.25) is 0 Å². The highest BCUT2D eigenvalue weighted by atomic mass is 35.5. The Bertz CT molecular complexity index is 1010. The molecule has 148 valence electrons. The first-order valence-electron chi connectivity index (χ1n) is 10.0. The Morgan fingerprint density at radius 1 is 0.821 bits per heavy atom. The minimum atomic E-state index is 0. The summed E-state index contributed by atoms with van der Waals surface area (Å²) in [5.74, 6) is 0. The van der Waals surface area contributed by atoms with Gasteiger partial charge in [-0.05, 0) is 83.9 Å². The molecule has 3 nitrogen and oxygen atoms in total. The van der Waals surface area contributed by atoms with Crippen molar-refractivity contribution in [3.63, 3.8) is 0 Å². The van der Waals surface area contributed by atoms with E-state index in [0.717, 1.165) is 45.6 Å². The van der Waals surface area contributed by atoms with E-state index in [1.165, 1.54) is 37.9 Å². The lowest BCUT2D eigenvalue weighted by molar-refractivity contribution is 0.324. The smallest absolute Gasteiger partial charge is 0.0211 e. The highest BCUT2D eigenvalue weighted by Gasteiger charge is 2.10. The van der Waals surface area contributed by atoms with E-state index in [0.29, 0.717) is 0 Å². The fourth-order valence-electron chi connectivity index (χ4n) is 4.12. The minimum Gasteiger partial charge on any atom is -0.330 e. The lowest BCUT2D eigenvalue weighted by Crippen LogP contribution is -2.26. The number of halogens is 1. The molecule has 3 N–H and O–H groups in total. The van der Waals surface area contributed by atoms with Crippen molar-refractivity contribution in [1.29, 1.82) is 0 Å². The number of nitrogens with two attached hydrogens (primary N) is 1. The van der Waals surface area contributed by atoms with Crippen LogP contribution in [0.3, 0.4) is 0 Å². The number of hydrogen-bond donors (Lipinski definition) is 2. The zero-order valence-corrected chi connectivity index (χ0v) is 17.4. The summed E-state index contributed by atoms with van der Waals surface area (Å²) in [6, 6.07) is 20.2. The molecule has 0 spiro atoms. The first kappa shape index (κ1) is 20.8. The molecule has 0 atom stereocenters. The molecule has 0 amide bonds. The molecule has 4 aromatic rings. The van der Waals surface area contributed by atoms with Crippen LogP contribution in [0.5, 0.6) is 0 Å². The van der Waals surface area contributed by atoms with Gasteiger partial charge in [0.25, 0.3) is 0 Å². The molecule has 0 fully saturated rings. The Labute approximate surface area is 173 Å². The zero-order valence-electron chi connectivity index (χ0n) is 16.6. The first-order chi connectivity index (χ1) is 13.3. The summed E-state index contributed by atoms with van der Waals surface area (Å²) in [6.07, 6.45) is 2.24. The van der Waals surface area contributed by atoms with Crippen LogP contribution < -0.4 is 11.1 Å². The van der Waals surface area contributed by atoms with Gasteiger partial charge < -0.3 is 16.0 Å². The van der Waals surface area contributed by atoms with Crippen LogP contribution in [-0.2, 0) is 6.54 Å². The topological polar surface area (TPSA) is 41.3 Å². The highest BCUT2D eigenvalue weighted by molar-refractivity contribution is 6.23. The van der Waals surface area contributed by atoms with Gasteiger partial charge >= 0.3 is 0 Å². The molecular formula is C24H30ClN3. The average Bonchev–Trinajstić information content (AvgIpc) is 2.71. The van der Waals surface area contributed by atoms with Crippen molar-refractivity contribution < 1.29 is 0 Å². The molecular weight excluding hydrogens is 366 g/mol. The van der Waals surface area contributed by atoms with Crippen molar-refractivity contribution in [2.24, 2.45) is 5.73 Å². The van der Waals surface area contributed by atoms with Gasteiger partial charge in [-0.3, -0.25) is 0 Å². The predicted octanol–water partition coefficient (Wildman–Crippen LogP) is 4.77. The Balaban J connectivity index is 0.00000225. The normalized spacial score (nSPS) is 11.7. The van der Waals surface area contributed by atoms with Crippen LogP contribution in [0, 0.1) is 0 Å². The molecule has 0 aliphatic rings. The van der Waals surface area contributed by atoms with E-state index in [4.69, 9.17) is 5.73 Å². The van der Waals surface area contributed by atoms with Gasteiger partial charge in [0, 0.05) is 6.54 Å². The molecule has 0 bridgehead atoms. The van der Waals surface area contributed by atoms with Crippen LogP contribution in [-0.4, -0.2) is 38.1 Å². The Hall–Kier alpha value is -1.91. The van der Waals surface area contributed by atoms with E-state index in [2.05, 4.69) is 71.9 Å². The van der Waals surface area contributed by atoms with E-state index in [1.54, 1.807) is 0 Å². The predicted molar refractivity (Wildman–Crippen MR) is 125 cm³/mol. The molecule has 0 saturated carbocycles. The molecule has 4 heteroatoms. The maximum atomic E-state index is 5.58. The fourth-order valence-corrected chi connectivity index (χ4v) is 4.12. The number of benzene rings is 4. The van der Waals surface area contributed by atoms with Gasteiger partial charge in [-0.25, -0.2) is 0 Å². The summed E-state index contributed by atoms with van der Waals surface area (Å²) >= 11 is 0. The van der Waals surface area contributed by atoms with Gasteiger partial charge in [0.1, 0.15) is 0 Å². The second-order valence-corrected chi connectivity index (χ2v) is 7.56. The minimum absolute atomic E-state index is 0. The maximum absolute atomic E-state index is 5.58. The zero-order chi connectivity index (χ0) is 18.6. The largest absolute Gasteiger partial charge is 0.330 e. The first-order valence-corrected chi connectivity index (χ1v) is 10.0. The second kappa shape index (κ2) is 9.53. The molecule has 0 unspecified atom stereocenters. The Morgan fingerprint density at radius 2 is 1.46 bits per heavy atom. The van der Waals surface area contributed by atoms with Crippen LogP contribution in [0.25, 0.3) is 32.3 Å². The van der Waals surface area contributed by atoms with Crippen LogP contribution in [0.1, 0.15) is 18.4 Å². The van der Waals surface area contributed by atoms with Gasteiger partial charge in [-0.2, -0.15) is 0 Å². The van der Waals surface area contributed by atoms with Gasteiger partial charge in [-0.15, -0.1) is 12.4 Å². The van der Waals surface area contributed by atoms with Crippen molar-refractivity contribution in [2.75, 3.05) is 33.2 Å². The summed E-state index contributed by atoms with van der Waals surface area (Å²) in [5.41, 5.74) is 6.96. The molecule has 0 aliphatic heterocycles. The third-order valence-corrected chi connectivity index (χ3v) is 5.57. The van der Waals surface area contributed by atoms with E-state index in [1.807, 2.05) is 0 Å². The second-order valence-electron chi connectivity index (χ2n) is 7.56. The van der Waals surface area contributed by atoms with E-state index in [9.17, 15) is 0 Å². The van der Waals surface area contributed by atoms with Crippen LogP contribution in [0.4, 0.5) is 0 Å². The molecule has 0 heterocycles. The van der Waals surface area contributed by atoms with Crippen molar-refractivity contribution in [3.05, 3.63) is 60.2 Å². The Kier molecular flexibility index (Phi) is 7.08. The van der Waals surface area contributed by atoms with E-state index < -0.39 is 0 Å². The number of rotatable bonds is 9. The van der Waals surface area contributed by atoms with Crippen molar-refractivity contribution in [2.45, 2.75) is 19.4 Å². The third kappa shape index (κ3) is 4.23. The summed E-state index contributed by atoms with van der Waals surface area (Å²) < 4.78 is 0. The monoisotopic (exact) mass is 395 g/mol. The summed E-state index contributed by atoms with van der Waals surface area (Å²) in [5, 5.41) is 11.8. The SMILES string of the molecule is CN(CCCN)CCCNCc1ccc2ccc3cccc4ccc1c2c34.Cl. The van der Waals surface area contributed by atoms with Gasteiger partial charge in [0.2, 0.25) is 0 Å². The van der Waals surface area contributed by atoms with Crippen molar-refractivity contribution in [1.82, 2.24) is 10.2 Å². The van der Waals surface area contributed by atoms with Gasteiger partial charge in [-0.1, -0.05) is 54.6 Å². The fraction of sp³-hybridized carbons (Fsp3) is 0.333. The molecule has 4 aromatic carbocycles. The van der Waals surface area contributed by atoms with E-state index >= 15 is 0 Å². The summed E-state index contributed by atoms with van der Waals surface area (Å²) in [4.78, 5) is 2.37. The van der Waals surface area contributed by atoms with Crippen LogP contribution in [0.15, 0.2) is 54.6 Å².